The Labute approximate surface area is 116 Å². The fraction of sp³-hybridized carbons (Fsp3) is 0.200. The van der Waals surface area contributed by atoms with E-state index in [1.165, 1.54) is 18.3 Å². The predicted molar refractivity (Wildman–Crippen MR) is 74.4 cm³/mol. The van der Waals surface area contributed by atoms with E-state index in [-0.39, 0.29) is 11.7 Å². The van der Waals surface area contributed by atoms with Crippen LogP contribution >= 0.6 is 0 Å². The molecule has 0 spiro atoms. The first-order chi connectivity index (χ1) is 9.56. The van der Waals surface area contributed by atoms with Gasteiger partial charge < -0.3 is 10.1 Å². The molecule has 1 heterocycles. The van der Waals surface area contributed by atoms with Crippen LogP contribution in [0.25, 0.3) is 0 Å². The van der Waals surface area contributed by atoms with E-state index in [2.05, 4.69) is 10.3 Å². The number of pyridine rings is 1. The molecule has 0 bridgehead atoms. The lowest BCUT2D eigenvalue weighted by atomic mass is 10.2. The lowest BCUT2D eigenvalue weighted by Gasteiger charge is -2.10. The number of rotatable bonds is 4. The largest absolute Gasteiger partial charge is 0.491 e. The minimum Gasteiger partial charge on any atom is -0.491 e. The van der Waals surface area contributed by atoms with E-state index in [4.69, 9.17) is 4.74 Å². The maximum atomic E-state index is 13.4. The van der Waals surface area contributed by atoms with Gasteiger partial charge in [0.25, 0.3) is 5.91 Å². The molecule has 0 aliphatic heterocycles. The average molecular weight is 274 g/mol. The summed E-state index contributed by atoms with van der Waals surface area (Å²) in [6.45, 7) is 3.86. The summed E-state index contributed by atoms with van der Waals surface area (Å²) in [5.74, 6) is -0.608. The Morgan fingerprint density at radius 3 is 2.55 bits per heavy atom. The summed E-state index contributed by atoms with van der Waals surface area (Å²) in [5, 5.41) is 2.61. The van der Waals surface area contributed by atoms with E-state index in [0.717, 1.165) is 0 Å². The molecule has 4 nitrogen and oxygen atoms in total. The van der Waals surface area contributed by atoms with E-state index in [9.17, 15) is 9.18 Å². The van der Waals surface area contributed by atoms with Crippen LogP contribution < -0.4 is 10.1 Å². The van der Waals surface area contributed by atoms with Gasteiger partial charge in [0.1, 0.15) is 5.75 Å². The molecule has 0 unspecified atom stereocenters. The van der Waals surface area contributed by atoms with Gasteiger partial charge in [-0.25, -0.2) is 4.98 Å². The number of nitrogens with one attached hydrogen (secondary N) is 1. The summed E-state index contributed by atoms with van der Waals surface area (Å²) in [7, 11) is 0. The summed E-state index contributed by atoms with van der Waals surface area (Å²) < 4.78 is 18.9. The molecule has 2 aromatic rings. The van der Waals surface area contributed by atoms with Crippen LogP contribution in [0, 0.1) is 5.95 Å². The van der Waals surface area contributed by atoms with E-state index < -0.39 is 11.9 Å². The predicted octanol–water partition coefficient (Wildman–Crippen LogP) is 3.26. The number of carbonyl (C=O) groups is 1. The number of benzene rings is 1. The van der Waals surface area contributed by atoms with Crippen molar-refractivity contribution >= 4 is 11.6 Å². The van der Waals surface area contributed by atoms with Crippen molar-refractivity contribution in [3.8, 4) is 5.75 Å². The first kappa shape index (κ1) is 14.0. The molecule has 0 radical (unpaired) electrons. The molecule has 0 fully saturated rings. The van der Waals surface area contributed by atoms with Crippen molar-refractivity contribution in [2.24, 2.45) is 0 Å². The molecule has 1 aromatic carbocycles. The fourth-order valence-electron chi connectivity index (χ4n) is 1.64. The number of ether oxygens (including phenoxy) is 1. The smallest absolute Gasteiger partial charge is 0.260 e. The number of hydrogen-bond acceptors (Lipinski definition) is 3. The quantitative estimate of drug-likeness (QED) is 0.871. The monoisotopic (exact) mass is 274 g/mol. The van der Waals surface area contributed by atoms with E-state index in [1.807, 2.05) is 13.8 Å². The van der Waals surface area contributed by atoms with Crippen molar-refractivity contribution in [2.75, 3.05) is 5.32 Å². The second-order valence-corrected chi connectivity index (χ2v) is 4.49. The van der Waals surface area contributed by atoms with Crippen molar-refractivity contribution in [3.63, 3.8) is 0 Å². The van der Waals surface area contributed by atoms with Crippen molar-refractivity contribution in [1.29, 1.82) is 0 Å². The van der Waals surface area contributed by atoms with Gasteiger partial charge in [0.05, 0.1) is 11.7 Å². The Balaban J connectivity index is 2.07. The molecule has 0 saturated carbocycles. The van der Waals surface area contributed by atoms with Gasteiger partial charge in [0.15, 0.2) is 0 Å². The second-order valence-electron chi connectivity index (χ2n) is 4.49. The molecule has 0 saturated heterocycles. The van der Waals surface area contributed by atoms with Crippen LogP contribution in [0.3, 0.4) is 0 Å². The molecule has 1 N–H and O–H groups in total. The highest BCUT2D eigenvalue weighted by molar-refractivity contribution is 6.04. The van der Waals surface area contributed by atoms with Gasteiger partial charge in [0, 0.05) is 11.9 Å². The lowest BCUT2D eigenvalue weighted by Crippen LogP contribution is -2.14. The first-order valence-corrected chi connectivity index (χ1v) is 6.25. The number of nitrogens with zero attached hydrogens (tertiary/aromatic N) is 1. The van der Waals surface area contributed by atoms with E-state index in [0.29, 0.717) is 11.4 Å². The van der Waals surface area contributed by atoms with E-state index in [1.54, 1.807) is 24.3 Å². The molecule has 5 heteroatoms. The third-order valence-corrected chi connectivity index (χ3v) is 2.49. The third-order valence-electron chi connectivity index (χ3n) is 2.49. The number of anilines is 1. The minimum atomic E-state index is -0.787. The van der Waals surface area contributed by atoms with Gasteiger partial charge in [0.2, 0.25) is 5.95 Å². The Morgan fingerprint density at radius 1 is 1.25 bits per heavy atom. The van der Waals surface area contributed by atoms with Crippen LogP contribution in [0.2, 0.25) is 0 Å². The summed E-state index contributed by atoms with van der Waals surface area (Å²) in [4.78, 5) is 15.3. The SMILES string of the molecule is CC(C)Oc1ccc(NC(=O)c2cccnc2F)cc1. The standard InChI is InChI=1S/C15H15FN2O2/c1-10(2)20-12-7-5-11(6-8-12)18-15(19)13-4-3-9-17-14(13)16/h3-10H,1-2H3,(H,18,19). The zero-order valence-corrected chi connectivity index (χ0v) is 11.3. The van der Waals surface area contributed by atoms with Crippen LogP contribution in [0.4, 0.5) is 10.1 Å². The van der Waals surface area contributed by atoms with Crippen molar-refractivity contribution in [3.05, 3.63) is 54.1 Å². The Bertz CT molecular complexity index is 597. The van der Waals surface area contributed by atoms with E-state index >= 15 is 0 Å². The first-order valence-electron chi connectivity index (χ1n) is 6.25. The third kappa shape index (κ3) is 3.54. The number of amides is 1. The lowest BCUT2D eigenvalue weighted by molar-refractivity contribution is 0.102. The highest BCUT2D eigenvalue weighted by Gasteiger charge is 2.12. The van der Waals surface area contributed by atoms with Gasteiger partial charge in [-0.3, -0.25) is 4.79 Å². The van der Waals surface area contributed by atoms with Gasteiger partial charge in [-0.1, -0.05) is 0 Å². The number of hydrogen-bond donors (Lipinski definition) is 1. The minimum absolute atomic E-state index is 0.0833. The van der Waals surface area contributed by atoms with Crippen LogP contribution in [-0.2, 0) is 0 Å². The fourth-order valence-corrected chi connectivity index (χ4v) is 1.64. The molecule has 0 atom stereocenters. The maximum absolute atomic E-state index is 13.4. The second kappa shape index (κ2) is 6.14. The molecule has 1 amide bonds. The number of halogens is 1. The van der Waals surface area contributed by atoms with Crippen molar-refractivity contribution in [1.82, 2.24) is 4.98 Å². The summed E-state index contributed by atoms with van der Waals surface area (Å²) >= 11 is 0. The molecule has 2 rings (SSSR count). The van der Waals surface area contributed by atoms with Crippen molar-refractivity contribution in [2.45, 2.75) is 20.0 Å². The van der Waals surface area contributed by atoms with Crippen LogP contribution in [0.15, 0.2) is 42.6 Å². The maximum Gasteiger partial charge on any atom is 0.260 e. The Morgan fingerprint density at radius 2 is 1.95 bits per heavy atom. The van der Waals surface area contributed by atoms with Crippen LogP contribution in [0.5, 0.6) is 5.75 Å². The molecule has 1 aromatic heterocycles. The highest BCUT2D eigenvalue weighted by Crippen LogP contribution is 2.17. The Kier molecular flexibility index (Phi) is 4.30. The summed E-state index contributed by atoms with van der Waals surface area (Å²) in [6.07, 6.45) is 1.38. The van der Waals surface area contributed by atoms with Gasteiger partial charge in [-0.2, -0.15) is 4.39 Å². The highest BCUT2D eigenvalue weighted by atomic mass is 19.1. The average Bonchev–Trinajstić information content (AvgIpc) is 2.41. The number of carbonyl (C=O) groups excluding carboxylic acids is 1. The molecular weight excluding hydrogens is 259 g/mol. The molecule has 0 aliphatic rings. The zero-order valence-electron chi connectivity index (χ0n) is 11.3. The Hall–Kier alpha value is -2.43. The molecule has 0 aliphatic carbocycles. The van der Waals surface area contributed by atoms with Gasteiger partial charge >= 0.3 is 0 Å². The van der Waals surface area contributed by atoms with Gasteiger partial charge in [-0.15, -0.1) is 0 Å². The van der Waals surface area contributed by atoms with Crippen LogP contribution in [-0.4, -0.2) is 17.0 Å². The normalized spacial score (nSPS) is 10.4. The van der Waals surface area contributed by atoms with Crippen molar-refractivity contribution < 1.29 is 13.9 Å². The zero-order chi connectivity index (χ0) is 14.5. The topological polar surface area (TPSA) is 51.2 Å². The summed E-state index contributed by atoms with van der Waals surface area (Å²) in [6, 6.07) is 9.78. The molecule has 20 heavy (non-hydrogen) atoms. The van der Waals surface area contributed by atoms with Crippen LogP contribution in [0.1, 0.15) is 24.2 Å². The molecular formula is C15H15FN2O2. The van der Waals surface area contributed by atoms with Gasteiger partial charge in [-0.05, 0) is 50.2 Å². The summed E-state index contributed by atoms with van der Waals surface area (Å²) in [5.41, 5.74) is 0.476. The number of aromatic nitrogens is 1. The molecule has 104 valence electrons.